The van der Waals surface area contributed by atoms with Gasteiger partial charge in [-0.1, -0.05) is 160 Å². The molecule has 3 heteroatoms. The van der Waals surface area contributed by atoms with Crippen LogP contribution in [0.1, 0.15) is 33.9 Å². The van der Waals surface area contributed by atoms with E-state index in [1.807, 2.05) is 0 Å². The topological polar surface area (TPSA) is 3.24 Å². The van der Waals surface area contributed by atoms with Crippen molar-refractivity contribution >= 4 is 21.3 Å². The Morgan fingerprint density at radius 1 is 0.632 bits per heavy atom. The molecule has 0 fully saturated rings. The van der Waals surface area contributed by atoms with Crippen LogP contribution in [-0.2, 0) is 12.1 Å². The van der Waals surface area contributed by atoms with Gasteiger partial charge in [-0.2, -0.15) is 0 Å². The summed E-state index contributed by atoms with van der Waals surface area (Å²) in [6, 6.07) is 40.2. The van der Waals surface area contributed by atoms with Gasteiger partial charge in [-0.25, -0.2) is 0 Å². The molecule has 5 rings (SSSR count). The van der Waals surface area contributed by atoms with Crippen molar-refractivity contribution in [3.05, 3.63) is 137 Å². The second-order valence-electron chi connectivity index (χ2n) is 12.5. The molecule has 0 spiro atoms. The molecule has 0 radical (unpaired) electrons. The van der Waals surface area contributed by atoms with Gasteiger partial charge in [0.1, 0.15) is 8.07 Å². The lowest BCUT2D eigenvalue weighted by Crippen LogP contribution is -2.48. The molecular formula is C35H39NSi2. The van der Waals surface area contributed by atoms with Gasteiger partial charge in [0.15, 0.2) is 0 Å². The van der Waals surface area contributed by atoms with Gasteiger partial charge in [-0.15, -0.1) is 5.54 Å². The van der Waals surface area contributed by atoms with Gasteiger partial charge in [0.2, 0.25) is 0 Å². The molecule has 1 nitrogen and oxygen atoms in total. The van der Waals surface area contributed by atoms with Crippen molar-refractivity contribution in [2.24, 2.45) is 0 Å². The van der Waals surface area contributed by atoms with E-state index in [-0.39, 0.29) is 6.04 Å². The lowest BCUT2D eigenvalue weighted by Gasteiger charge is -2.46. The summed E-state index contributed by atoms with van der Waals surface area (Å²) in [7, 11) is -3.23. The molecule has 192 valence electrons. The van der Waals surface area contributed by atoms with Crippen molar-refractivity contribution in [3.63, 3.8) is 0 Å². The molecule has 1 aliphatic heterocycles. The third-order valence-electron chi connectivity index (χ3n) is 7.52. The van der Waals surface area contributed by atoms with Crippen molar-refractivity contribution in [2.75, 3.05) is 0 Å². The Morgan fingerprint density at radius 3 is 1.53 bits per heavy atom. The second-order valence-corrected chi connectivity index (χ2v) is 22.3. The van der Waals surface area contributed by atoms with Crippen LogP contribution >= 0.6 is 0 Å². The van der Waals surface area contributed by atoms with Gasteiger partial charge in [0.05, 0.1) is 19.7 Å². The van der Waals surface area contributed by atoms with Gasteiger partial charge in [0, 0.05) is 6.54 Å². The molecule has 0 unspecified atom stereocenters. The first-order valence-corrected chi connectivity index (χ1v) is 20.7. The second kappa shape index (κ2) is 10.2. The third-order valence-corrected chi connectivity index (χ3v) is 10.5. The first-order chi connectivity index (χ1) is 18.1. The number of rotatable bonds is 5. The summed E-state index contributed by atoms with van der Waals surface area (Å²) in [5.41, 5.74) is 10.0. The maximum Gasteiger partial charge on any atom is 0.129 e. The largest absolute Gasteiger partial charge is 0.264 e. The van der Waals surface area contributed by atoms with E-state index in [9.17, 15) is 0 Å². The van der Waals surface area contributed by atoms with E-state index in [0.717, 1.165) is 6.54 Å². The number of hydrogen-bond donors (Lipinski definition) is 0. The van der Waals surface area contributed by atoms with Gasteiger partial charge in [-0.3, -0.25) is 4.90 Å². The fraction of sp³-hybridized carbons (Fsp3) is 0.257. The Bertz CT molecular complexity index is 1360. The van der Waals surface area contributed by atoms with E-state index in [4.69, 9.17) is 0 Å². The average Bonchev–Trinajstić information content (AvgIpc) is 3.28. The molecular weight excluding hydrogens is 491 g/mol. The highest BCUT2D eigenvalue weighted by atomic mass is 28.3. The number of nitrogens with zero attached hydrogens (tertiary/aromatic N) is 1. The van der Waals surface area contributed by atoms with Crippen LogP contribution in [0.25, 0.3) is 0 Å². The lowest BCUT2D eigenvalue weighted by atomic mass is 9.75. The minimum Gasteiger partial charge on any atom is -0.264 e. The first kappa shape index (κ1) is 26.4. The normalized spacial score (nSPS) is 16.0. The van der Waals surface area contributed by atoms with E-state index in [2.05, 4.69) is 165 Å². The zero-order chi connectivity index (χ0) is 27.0. The van der Waals surface area contributed by atoms with E-state index in [1.54, 1.807) is 0 Å². The van der Waals surface area contributed by atoms with Crippen LogP contribution in [0.5, 0.6) is 0 Å². The maximum absolute atomic E-state index is 3.91. The molecule has 0 saturated heterocycles. The van der Waals surface area contributed by atoms with Crippen LogP contribution in [0.15, 0.2) is 109 Å². The van der Waals surface area contributed by atoms with Crippen LogP contribution in [-0.4, -0.2) is 21.0 Å². The van der Waals surface area contributed by atoms with Crippen LogP contribution in [0.2, 0.25) is 39.3 Å². The molecule has 0 aliphatic carbocycles. The maximum atomic E-state index is 3.91. The quantitative estimate of drug-likeness (QED) is 0.144. The van der Waals surface area contributed by atoms with E-state index in [1.165, 1.54) is 33.0 Å². The Morgan fingerprint density at radius 2 is 1.11 bits per heavy atom. The van der Waals surface area contributed by atoms with Gasteiger partial charge < -0.3 is 0 Å². The van der Waals surface area contributed by atoms with Crippen molar-refractivity contribution < 1.29 is 0 Å². The van der Waals surface area contributed by atoms with Crippen LogP contribution in [0.3, 0.4) is 0 Å². The molecule has 1 heterocycles. The summed E-state index contributed by atoms with van der Waals surface area (Å²) in [5, 5.41) is 1.54. The molecule has 38 heavy (non-hydrogen) atoms. The summed E-state index contributed by atoms with van der Waals surface area (Å²) in [5.74, 6) is 3.91. The Labute approximate surface area is 231 Å². The molecule has 0 amide bonds. The minimum absolute atomic E-state index is 0.0141. The van der Waals surface area contributed by atoms with E-state index >= 15 is 0 Å². The molecule has 1 atom stereocenters. The number of benzene rings is 4. The summed E-state index contributed by atoms with van der Waals surface area (Å²) in [4.78, 5) is 2.70. The molecule has 0 saturated carbocycles. The fourth-order valence-electron chi connectivity index (χ4n) is 5.94. The van der Waals surface area contributed by atoms with E-state index in [0.29, 0.717) is 0 Å². The first-order valence-electron chi connectivity index (χ1n) is 13.7. The summed E-state index contributed by atoms with van der Waals surface area (Å²) < 4.78 is 0. The molecule has 4 aromatic carbocycles. The monoisotopic (exact) mass is 529 g/mol. The fourth-order valence-corrected chi connectivity index (χ4v) is 8.21. The van der Waals surface area contributed by atoms with Gasteiger partial charge in [0.25, 0.3) is 0 Å². The molecule has 1 aliphatic rings. The highest BCUT2D eigenvalue weighted by molar-refractivity contribution is 6.89. The van der Waals surface area contributed by atoms with Crippen molar-refractivity contribution in [1.29, 1.82) is 0 Å². The zero-order valence-corrected chi connectivity index (χ0v) is 25.6. The predicted octanol–water partition coefficient (Wildman–Crippen LogP) is 7.96. The van der Waals surface area contributed by atoms with E-state index < -0.39 is 21.7 Å². The van der Waals surface area contributed by atoms with Crippen molar-refractivity contribution in [1.82, 2.24) is 4.90 Å². The SMILES string of the molecule is C[Si](C)(C)C#C[C@@H]1c2c(cccc2[Si](C)(C)C)CN1C(c1ccccc1)(c1ccccc1)c1ccccc1. The molecule has 0 aromatic heterocycles. The number of fused-ring (bicyclic) bond motifs is 1. The Kier molecular flexibility index (Phi) is 7.09. The van der Waals surface area contributed by atoms with Crippen LogP contribution in [0.4, 0.5) is 0 Å². The van der Waals surface area contributed by atoms with Crippen LogP contribution < -0.4 is 5.19 Å². The zero-order valence-electron chi connectivity index (χ0n) is 23.6. The lowest BCUT2D eigenvalue weighted by molar-refractivity contribution is 0.137. The van der Waals surface area contributed by atoms with Crippen molar-refractivity contribution in [3.8, 4) is 11.5 Å². The molecule has 0 bridgehead atoms. The molecule has 4 aromatic rings. The smallest absolute Gasteiger partial charge is 0.129 e. The number of hydrogen-bond acceptors (Lipinski definition) is 1. The van der Waals surface area contributed by atoms with Gasteiger partial charge >= 0.3 is 0 Å². The van der Waals surface area contributed by atoms with Crippen LogP contribution in [0, 0.1) is 11.5 Å². The highest BCUT2D eigenvalue weighted by Crippen LogP contribution is 2.50. The Balaban J connectivity index is 1.88. The Hall–Kier alpha value is -3.17. The average molecular weight is 530 g/mol. The predicted molar refractivity (Wildman–Crippen MR) is 168 cm³/mol. The molecule has 0 N–H and O–H groups in total. The summed E-state index contributed by atoms with van der Waals surface area (Å²) in [6.07, 6.45) is 0. The van der Waals surface area contributed by atoms with Gasteiger partial charge in [-0.05, 0) is 27.8 Å². The van der Waals surface area contributed by atoms with Crippen molar-refractivity contribution in [2.45, 2.75) is 57.4 Å². The standard InChI is InChI=1S/C35H39NSi2/c1-37(2,3)26-25-32-34-28(17-16-24-33(34)38(4,5)6)27-36(32)35(29-18-10-7-11-19-29,30-20-12-8-13-21-30)31-22-14-9-15-23-31/h7-24,32H,27H2,1-6H3/t32-/m1/s1. The summed E-state index contributed by atoms with van der Waals surface area (Å²) in [6.45, 7) is 15.3. The summed E-state index contributed by atoms with van der Waals surface area (Å²) >= 11 is 0. The minimum atomic E-state index is -1.62. The highest BCUT2D eigenvalue weighted by Gasteiger charge is 2.49. The third kappa shape index (κ3) is 4.85.